The first-order valence-corrected chi connectivity index (χ1v) is 12.5. The number of amides is 1. The molecule has 3 fully saturated rings. The van der Waals surface area contributed by atoms with Gasteiger partial charge in [0.05, 0.1) is 24.7 Å². The zero-order valence-electron chi connectivity index (χ0n) is 16.0. The second-order valence-corrected chi connectivity index (χ2v) is 11.2. The number of rotatable bonds is 4. The van der Waals surface area contributed by atoms with Crippen molar-refractivity contribution in [3.8, 4) is 5.75 Å². The third-order valence-corrected chi connectivity index (χ3v) is 9.09. The van der Waals surface area contributed by atoms with E-state index in [2.05, 4.69) is 4.99 Å². The normalized spacial score (nSPS) is 28.5. The van der Waals surface area contributed by atoms with Crippen LogP contribution < -0.4 is 4.74 Å². The summed E-state index contributed by atoms with van der Waals surface area (Å²) in [6.07, 6.45) is 5.21. The van der Waals surface area contributed by atoms with Crippen molar-refractivity contribution in [3.63, 3.8) is 0 Å². The van der Waals surface area contributed by atoms with Crippen molar-refractivity contribution in [2.24, 2.45) is 10.9 Å². The summed E-state index contributed by atoms with van der Waals surface area (Å²) in [5.74, 6) is 1.07. The Bertz CT molecular complexity index is 861. The Hall–Kier alpha value is -1.54. The number of ether oxygens (including phenoxy) is 1. The number of thioether (sulfide) groups is 1. The summed E-state index contributed by atoms with van der Waals surface area (Å²) >= 11 is 1.46. The smallest absolute Gasteiger partial charge is 0.251 e. The van der Waals surface area contributed by atoms with Crippen LogP contribution in [0.3, 0.4) is 0 Å². The first-order chi connectivity index (χ1) is 13.4. The molecule has 0 aromatic heterocycles. The molecule has 0 spiro atoms. The van der Waals surface area contributed by atoms with Gasteiger partial charge in [-0.15, -0.1) is 0 Å². The van der Waals surface area contributed by atoms with Crippen molar-refractivity contribution in [2.45, 2.75) is 49.9 Å². The Morgan fingerprint density at radius 2 is 1.89 bits per heavy atom. The number of methoxy groups -OCH3 is 1. The largest absolute Gasteiger partial charge is 0.497 e. The van der Waals surface area contributed by atoms with E-state index in [1.807, 2.05) is 29.2 Å². The SMILES string of the molecule is COc1ccc(CN2C(=NC(=O)C3CCCCC3)S[C@H]3CS(=O)(=O)C[C@H]32)cc1. The van der Waals surface area contributed by atoms with E-state index in [0.29, 0.717) is 11.7 Å². The van der Waals surface area contributed by atoms with Gasteiger partial charge in [-0.1, -0.05) is 43.2 Å². The maximum absolute atomic E-state index is 12.7. The van der Waals surface area contributed by atoms with E-state index in [0.717, 1.165) is 37.0 Å². The Labute approximate surface area is 170 Å². The van der Waals surface area contributed by atoms with Crippen molar-refractivity contribution in [1.29, 1.82) is 0 Å². The molecule has 8 heteroatoms. The predicted octanol–water partition coefficient (Wildman–Crippen LogP) is 2.87. The van der Waals surface area contributed by atoms with E-state index >= 15 is 0 Å². The number of hydrogen-bond acceptors (Lipinski definition) is 5. The van der Waals surface area contributed by atoms with Gasteiger partial charge in [-0.2, -0.15) is 4.99 Å². The molecule has 152 valence electrons. The van der Waals surface area contributed by atoms with Crippen molar-refractivity contribution < 1.29 is 17.9 Å². The van der Waals surface area contributed by atoms with Crippen molar-refractivity contribution >= 4 is 32.7 Å². The molecule has 1 saturated carbocycles. The van der Waals surface area contributed by atoms with Gasteiger partial charge in [-0.25, -0.2) is 8.42 Å². The lowest BCUT2D eigenvalue weighted by atomic mass is 9.89. The number of sulfone groups is 1. The topological polar surface area (TPSA) is 76.0 Å². The van der Waals surface area contributed by atoms with E-state index in [-0.39, 0.29) is 34.6 Å². The molecule has 0 unspecified atom stereocenters. The molecule has 0 radical (unpaired) electrons. The first kappa shape index (κ1) is 19.8. The van der Waals surface area contributed by atoms with E-state index in [1.165, 1.54) is 18.2 Å². The molecule has 28 heavy (non-hydrogen) atoms. The summed E-state index contributed by atoms with van der Waals surface area (Å²) in [5.41, 5.74) is 1.05. The summed E-state index contributed by atoms with van der Waals surface area (Å²) in [6, 6.07) is 7.62. The maximum atomic E-state index is 12.7. The number of benzene rings is 1. The van der Waals surface area contributed by atoms with Crippen LogP contribution in [0.1, 0.15) is 37.7 Å². The van der Waals surface area contributed by atoms with Crippen molar-refractivity contribution in [2.75, 3.05) is 18.6 Å². The number of hydrogen-bond donors (Lipinski definition) is 0. The monoisotopic (exact) mass is 422 g/mol. The molecule has 2 aliphatic heterocycles. The second-order valence-electron chi connectivity index (χ2n) is 7.84. The minimum absolute atomic E-state index is 0.0221. The quantitative estimate of drug-likeness (QED) is 0.743. The second kappa shape index (κ2) is 8.06. The number of carbonyl (C=O) groups excluding carboxylic acids is 1. The zero-order chi connectivity index (χ0) is 19.7. The standard InChI is InChI=1S/C20H26N2O4S2/c1-26-16-9-7-14(8-10-16)11-22-17-12-28(24,25)13-18(17)27-20(22)21-19(23)15-5-3-2-4-6-15/h7-10,15,17-18H,2-6,11-13H2,1H3/t17-,18+/m1/s1. The first-order valence-electron chi connectivity index (χ1n) is 9.84. The van der Waals surface area contributed by atoms with Gasteiger partial charge in [0.2, 0.25) is 0 Å². The number of nitrogens with zero attached hydrogens (tertiary/aromatic N) is 2. The Morgan fingerprint density at radius 1 is 1.18 bits per heavy atom. The number of carbonyl (C=O) groups is 1. The summed E-state index contributed by atoms with van der Waals surface area (Å²) in [6.45, 7) is 0.546. The molecular weight excluding hydrogens is 396 g/mol. The van der Waals surface area contributed by atoms with Gasteiger partial charge in [-0.3, -0.25) is 4.79 Å². The van der Waals surface area contributed by atoms with Crippen LogP contribution in [0.4, 0.5) is 0 Å². The van der Waals surface area contributed by atoms with Gasteiger partial charge in [0.15, 0.2) is 15.0 Å². The van der Waals surface area contributed by atoms with Crippen LogP contribution in [0, 0.1) is 5.92 Å². The molecule has 0 bridgehead atoms. The summed E-state index contributed by atoms with van der Waals surface area (Å²) in [5, 5.41) is 0.650. The highest BCUT2D eigenvalue weighted by molar-refractivity contribution is 8.15. The average Bonchev–Trinajstić information content (AvgIpc) is 3.15. The fraction of sp³-hybridized carbons (Fsp3) is 0.600. The molecule has 0 N–H and O–H groups in total. The van der Waals surface area contributed by atoms with Crippen molar-refractivity contribution in [3.05, 3.63) is 29.8 Å². The van der Waals surface area contributed by atoms with Gasteiger partial charge >= 0.3 is 0 Å². The molecule has 3 aliphatic rings. The fourth-order valence-corrected chi connectivity index (χ4v) is 8.24. The minimum atomic E-state index is -3.04. The maximum Gasteiger partial charge on any atom is 0.251 e. The lowest BCUT2D eigenvalue weighted by Crippen LogP contribution is -2.37. The van der Waals surface area contributed by atoms with Crippen molar-refractivity contribution in [1.82, 2.24) is 4.90 Å². The van der Waals surface area contributed by atoms with Gasteiger partial charge in [0.1, 0.15) is 5.75 Å². The lowest BCUT2D eigenvalue weighted by molar-refractivity contribution is -0.122. The van der Waals surface area contributed by atoms with Crippen LogP contribution in [-0.4, -0.2) is 54.3 Å². The molecule has 4 rings (SSSR count). The lowest BCUT2D eigenvalue weighted by Gasteiger charge is -2.25. The van der Waals surface area contributed by atoms with E-state index in [4.69, 9.17) is 4.74 Å². The highest BCUT2D eigenvalue weighted by Crippen LogP contribution is 2.39. The minimum Gasteiger partial charge on any atom is -0.497 e. The Balaban J connectivity index is 1.57. The van der Waals surface area contributed by atoms with Crippen LogP contribution in [0.25, 0.3) is 0 Å². The van der Waals surface area contributed by atoms with Gasteiger partial charge < -0.3 is 9.64 Å². The van der Waals surface area contributed by atoms with Crippen LogP contribution in [-0.2, 0) is 21.2 Å². The average molecular weight is 423 g/mol. The predicted molar refractivity (Wildman–Crippen MR) is 111 cm³/mol. The third-order valence-electron chi connectivity index (χ3n) is 5.85. The van der Waals surface area contributed by atoms with Crippen LogP contribution >= 0.6 is 11.8 Å². The van der Waals surface area contributed by atoms with E-state index < -0.39 is 9.84 Å². The van der Waals surface area contributed by atoms with Gasteiger partial charge in [0, 0.05) is 17.7 Å². The Morgan fingerprint density at radius 3 is 2.57 bits per heavy atom. The molecular formula is C20H26N2O4S2. The highest BCUT2D eigenvalue weighted by atomic mass is 32.2. The molecule has 6 nitrogen and oxygen atoms in total. The summed E-state index contributed by atoms with van der Waals surface area (Å²) < 4.78 is 29.5. The molecule has 2 atom stereocenters. The number of fused-ring (bicyclic) bond motifs is 1. The molecule has 2 saturated heterocycles. The molecule has 1 aromatic carbocycles. The third kappa shape index (κ3) is 4.22. The summed E-state index contributed by atoms with van der Waals surface area (Å²) in [4.78, 5) is 19.2. The number of aliphatic imine (C=N–C) groups is 1. The van der Waals surface area contributed by atoms with Gasteiger partial charge in [-0.05, 0) is 30.5 Å². The van der Waals surface area contributed by atoms with Crippen LogP contribution in [0.5, 0.6) is 5.75 Å². The molecule has 1 aromatic rings. The fourth-order valence-electron chi connectivity index (χ4n) is 4.28. The Kier molecular flexibility index (Phi) is 5.69. The van der Waals surface area contributed by atoms with E-state index in [9.17, 15) is 13.2 Å². The zero-order valence-corrected chi connectivity index (χ0v) is 17.7. The molecule has 2 heterocycles. The molecule has 1 aliphatic carbocycles. The molecule has 1 amide bonds. The van der Waals surface area contributed by atoms with Gasteiger partial charge in [0.25, 0.3) is 5.91 Å². The van der Waals surface area contributed by atoms with Crippen LogP contribution in [0.15, 0.2) is 29.3 Å². The highest BCUT2D eigenvalue weighted by Gasteiger charge is 2.48. The number of amidine groups is 1. The van der Waals surface area contributed by atoms with Crippen LogP contribution in [0.2, 0.25) is 0 Å². The summed E-state index contributed by atoms with van der Waals surface area (Å²) in [7, 11) is -1.41. The van der Waals surface area contributed by atoms with E-state index in [1.54, 1.807) is 7.11 Å².